The van der Waals surface area contributed by atoms with E-state index >= 15 is 0 Å². The number of benzene rings is 1. The van der Waals surface area contributed by atoms with Crippen molar-refractivity contribution < 1.29 is 29.9 Å². The monoisotopic (exact) mass is 438 g/mol. The molecule has 0 saturated carbocycles. The van der Waals surface area contributed by atoms with Crippen molar-refractivity contribution >= 4 is 23.1 Å². The third-order valence-electron chi connectivity index (χ3n) is 5.44. The predicted octanol–water partition coefficient (Wildman–Crippen LogP) is 1.65. The maximum Gasteiger partial charge on any atom is 0.169 e. The minimum absolute atomic E-state index is 0.306. The first-order valence-corrected chi connectivity index (χ1v) is 11.5. The molecule has 0 aliphatic carbocycles. The zero-order chi connectivity index (χ0) is 20.6. The van der Waals surface area contributed by atoms with Crippen LogP contribution in [-0.4, -0.2) is 63.8 Å². The second-order valence-electron chi connectivity index (χ2n) is 7.33. The second kappa shape index (κ2) is 8.55. The van der Waals surface area contributed by atoms with Crippen LogP contribution in [0.4, 0.5) is 0 Å². The van der Waals surface area contributed by atoms with Gasteiger partial charge in [0.2, 0.25) is 0 Å². The van der Waals surface area contributed by atoms with Crippen LogP contribution in [0.3, 0.4) is 0 Å². The molecule has 5 atom stereocenters. The lowest BCUT2D eigenvalue weighted by Gasteiger charge is -2.49. The van der Waals surface area contributed by atoms with Gasteiger partial charge in [-0.05, 0) is 30.7 Å². The molecule has 0 bridgehead atoms. The normalized spacial score (nSPS) is 31.6. The number of fused-ring (bicyclic) bond motifs is 2. The van der Waals surface area contributed by atoms with Crippen LogP contribution in [0.1, 0.15) is 27.8 Å². The van der Waals surface area contributed by atoms with E-state index in [-0.39, 0.29) is 6.61 Å². The summed E-state index contributed by atoms with van der Waals surface area (Å²) in [5, 5.41) is 40.4. The van der Waals surface area contributed by atoms with Gasteiger partial charge in [-0.1, -0.05) is 12.1 Å². The van der Waals surface area contributed by atoms with E-state index in [1.54, 1.807) is 11.3 Å². The summed E-state index contributed by atoms with van der Waals surface area (Å²) in [6.07, 6.45) is -2.39. The summed E-state index contributed by atoms with van der Waals surface area (Å²) in [6, 6.07) is 10.0. The molecule has 2 aliphatic heterocycles. The molecule has 1 unspecified atom stereocenters. The summed E-state index contributed by atoms with van der Waals surface area (Å²) in [5.74, 6) is 0.846. The first-order valence-electron chi connectivity index (χ1n) is 9.79. The molecule has 1 spiro atoms. The lowest BCUT2D eigenvalue weighted by atomic mass is 9.92. The topological polar surface area (TPSA) is 99.4 Å². The summed E-state index contributed by atoms with van der Waals surface area (Å²) >= 11 is 2.89. The molecule has 29 heavy (non-hydrogen) atoms. The van der Waals surface area contributed by atoms with E-state index in [2.05, 4.69) is 0 Å². The van der Waals surface area contributed by atoms with Gasteiger partial charge in [0.25, 0.3) is 0 Å². The quantitative estimate of drug-likeness (QED) is 0.563. The molecule has 8 heteroatoms. The van der Waals surface area contributed by atoms with Crippen LogP contribution in [0.25, 0.3) is 0 Å². The van der Waals surface area contributed by atoms with Crippen LogP contribution in [0, 0.1) is 0 Å². The van der Waals surface area contributed by atoms with Crippen molar-refractivity contribution in [2.24, 2.45) is 0 Å². The zero-order valence-corrected chi connectivity index (χ0v) is 17.8. The van der Waals surface area contributed by atoms with Crippen molar-refractivity contribution in [1.82, 2.24) is 0 Å². The van der Waals surface area contributed by atoms with Crippen LogP contribution < -0.4 is 4.74 Å². The first-order chi connectivity index (χ1) is 14.0. The van der Waals surface area contributed by atoms with Gasteiger partial charge in [-0.2, -0.15) is 0 Å². The van der Waals surface area contributed by atoms with E-state index < -0.39 is 28.5 Å². The van der Waals surface area contributed by atoms with Crippen molar-refractivity contribution in [2.75, 3.05) is 19.8 Å². The van der Waals surface area contributed by atoms with E-state index in [1.807, 2.05) is 37.3 Å². The summed E-state index contributed by atoms with van der Waals surface area (Å²) in [5.41, 5.74) is 2.00. The van der Waals surface area contributed by atoms with Crippen molar-refractivity contribution in [2.45, 2.75) is 48.3 Å². The molecule has 0 amide bonds. The van der Waals surface area contributed by atoms with Gasteiger partial charge in [-0.15, -0.1) is 23.1 Å². The van der Waals surface area contributed by atoms with Gasteiger partial charge in [0.1, 0.15) is 18.0 Å². The number of aliphatic hydroxyl groups is 4. The third-order valence-corrected chi connectivity index (χ3v) is 8.30. The van der Waals surface area contributed by atoms with Crippen molar-refractivity contribution in [3.63, 3.8) is 0 Å². The Morgan fingerprint density at radius 1 is 1.17 bits per heavy atom. The Bertz CT molecular complexity index is 836. The molecule has 3 heterocycles. The number of ether oxygens (including phenoxy) is 2. The minimum Gasteiger partial charge on any atom is -0.494 e. The highest BCUT2D eigenvalue weighted by atomic mass is 32.2. The van der Waals surface area contributed by atoms with Crippen molar-refractivity contribution in [3.05, 3.63) is 51.2 Å². The molecule has 4 rings (SSSR count). The molecule has 2 aliphatic rings. The van der Waals surface area contributed by atoms with Crippen LogP contribution in [0.2, 0.25) is 0 Å². The number of thioether (sulfide) groups is 1. The van der Waals surface area contributed by atoms with Crippen molar-refractivity contribution in [3.8, 4) is 5.75 Å². The molecule has 1 saturated heterocycles. The average molecular weight is 439 g/mol. The molecule has 158 valence electrons. The van der Waals surface area contributed by atoms with E-state index in [4.69, 9.17) is 9.47 Å². The minimum atomic E-state index is -1.38. The molecule has 1 fully saturated rings. The van der Waals surface area contributed by atoms with E-state index in [1.165, 1.54) is 11.8 Å². The van der Waals surface area contributed by atoms with Crippen molar-refractivity contribution in [1.29, 1.82) is 0 Å². The summed E-state index contributed by atoms with van der Waals surface area (Å²) in [7, 11) is 0. The molecule has 6 nitrogen and oxygen atoms in total. The van der Waals surface area contributed by atoms with Gasteiger partial charge < -0.3 is 29.9 Å². The summed E-state index contributed by atoms with van der Waals surface area (Å²) < 4.78 is 11.5. The SMILES string of the molecule is CCOc1ccc(Cc2cc3c(s2)CCOC32S[C@H](CO)[C@@H](O)[C@H](O)[C@H]2O)cc1. The lowest BCUT2D eigenvalue weighted by molar-refractivity contribution is -0.155. The number of rotatable bonds is 5. The van der Waals surface area contributed by atoms with Crippen LogP contribution >= 0.6 is 23.1 Å². The molecule has 2 aromatic rings. The Labute approximate surface area is 178 Å². The van der Waals surface area contributed by atoms with E-state index in [9.17, 15) is 20.4 Å². The van der Waals surface area contributed by atoms with Gasteiger partial charge in [0.05, 0.1) is 31.2 Å². The maximum absolute atomic E-state index is 10.8. The Balaban J connectivity index is 1.62. The standard InChI is InChI=1S/C21H26O6S2/c1-2-26-13-5-3-12(4-6-13)9-14-10-15-16(28-14)7-8-27-21(15)20(25)19(24)18(23)17(11-22)29-21/h3-6,10,17-20,22-25H,2,7-9,11H2,1H3/t17-,18-,19+,20-,21?/m1/s1. The van der Waals surface area contributed by atoms with Gasteiger partial charge in [0, 0.05) is 28.2 Å². The van der Waals surface area contributed by atoms with Crippen LogP contribution in [0.5, 0.6) is 5.75 Å². The summed E-state index contributed by atoms with van der Waals surface area (Å²) in [6.45, 7) is 2.70. The van der Waals surface area contributed by atoms with Crippen LogP contribution in [0.15, 0.2) is 30.3 Å². The molecular weight excluding hydrogens is 412 g/mol. The largest absolute Gasteiger partial charge is 0.494 e. The fraction of sp³-hybridized carbons (Fsp3) is 0.524. The van der Waals surface area contributed by atoms with Gasteiger partial charge in [-0.25, -0.2) is 0 Å². The zero-order valence-electron chi connectivity index (χ0n) is 16.2. The Morgan fingerprint density at radius 2 is 1.93 bits per heavy atom. The van der Waals surface area contributed by atoms with Gasteiger partial charge in [-0.3, -0.25) is 0 Å². The molecule has 4 N–H and O–H groups in total. The second-order valence-corrected chi connectivity index (χ2v) is 10.0. The Morgan fingerprint density at radius 3 is 2.62 bits per heavy atom. The number of hydrogen-bond acceptors (Lipinski definition) is 8. The first kappa shape index (κ1) is 21.1. The predicted molar refractivity (Wildman–Crippen MR) is 113 cm³/mol. The fourth-order valence-electron chi connectivity index (χ4n) is 3.98. The Hall–Kier alpha value is -1.13. The molecule has 0 radical (unpaired) electrons. The molecule has 1 aromatic heterocycles. The number of aliphatic hydroxyl groups excluding tert-OH is 4. The molecule has 1 aromatic carbocycles. The number of thiophene rings is 1. The smallest absolute Gasteiger partial charge is 0.169 e. The summed E-state index contributed by atoms with van der Waals surface area (Å²) in [4.78, 5) is 1.08. The fourth-order valence-corrected chi connectivity index (χ4v) is 6.85. The maximum atomic E-state index is 10.8. The molecular formula is C21H26O6S2. The highest BCUT2D eigenvalue weighted by molar-refractivity contribution is 8.00. The highest BCUT2D eigenvalue weighted by Crippen LogP contribution is 2.53. The van der Waals surface area contributed by atoms with Gasteiger partial charge in [0.15, 0.2) is 4.93 Å². The van der Waals surface area contributed by atoms with E-state index in [0.717, 1.165) is 39.5 Å². The number of hydrogen-bond donors (Lipinski definition) is 4. The van der Waals surface area contributed by atoms with Gasteiger partial charge >= 0.3 is 0 Å². The van der Waals surface area contributed by atoms with Crippen LogP contribution in [-0.2, 0) is 22.5 Å². The lowest BCUT2D eigenvalue weighted by Crippen LogP contribution is -2.60. The van der Waals surface area contributed by atoms with E-state index in [0.29, 0.717) is 13.2 Å². The Kier molecular flexibility index (Phi) is 6.22. The third kappa shape index (κ3) is 3.83. The highest BCUT2D eigenvalue weighted by Gasteiger charge is 2.56. The average Bonchev–Trinajstić information content (AvgIpc) is 3.14.